The van der Waals surface area contributed by atoms with Crippen LogP contribution in [0, 0.1) is 5.92 Å². The van der Waals surface area contributed by atoms with Crippen LogP contribution < -0.4 is 11.1 Å². The van der Waals surface area contributed by atoms with Crippen molar-refractivity contribution in [3.8, 4) is 0 Å². The minimum Gasteiger partial charge on any atom is -0.347 e. The molecule has 0 bridgehead atoms. The number of carbonyl (C=O) groups excluding carboxylic acids is 1. The van der Waals surface area contributed by atoms with Crippen molar-refractivity contribution in [1.82, 2.24) is 20.5 Å². The number of hydrogen-bond acceptors (Lipinski definition) is 4. The Balaban J connectivity index is 2.35. The molecule has 1 atom stereocenters. The molecule has 0 saturated heterocycles. The third-order valence-electron chi connectivity index (χ3n) is 1.92. The number of H-pyrrole nitrogens is 1. The van der Waals surface area contributed by atoms with Gasteiger partial charge in [-0.1, -0.05) is 13.8 Å². The molecule has 4 N–H and O–H groups in total. The second-order valence-electron chi connectivity index (χ2n) is 3.42. The van der Waals surface area contributed by atoms with Crippen LogP contribution in [0.25, 0.3) is 0 Å². The summed E-state index contributed by atoms with van der Waals surface area (Å²) in [6, 6.07) is -0.474. The molecular weight excluding hydrogens is 182 g/mol. The molecule has 1 heterocycles. The second-order valence-corrected chi connectivity index (χ2v) is 3.42. The van der Waals surface area contributed by atoms with Gasteiger partial charge in [0.1, 0.15) is 12.2 Å². The highest BCUT2D eigenvalue weighted by molar-refractivity contribution is 5.81. The lowest BCUT2D eigenvalue weighted by Gasteiger charge is -2.14. The average molecular weight is 197 g/mol. The topological polar surface area (TPSA) is 96.7 Å². The van der Waals surface area contributed by atoms with Crippen molar-refractivity contribution in [1.29, 1.82) is 0 Å². The molecule has 0 fully saturated rings. The summed E-state index contributed by atoms with van der Waals surface area (Å²) in [5.74, 6) is 0.579. The van der Waals surface area contributed by atoms with Gasteiger partial charge >= 0.3 is 0 Å². The molecule has 0 aliphatic rings. The summed E-state index contributed by atoms with van der Waals surface area (Å²) in [5.41, 5.74) is 5.64. The van der Waals surface area contributed by atoms with Crippen LogP contribution in [0.5, 0.6) is 0 Å². The molecule has 14 heavy (non-hydrogen) atoms. The number of amides is 1. The van der Waals surface area contributed by atoms with E-state index in [-0.39, 0.29) is 11.8 Å². The molecule has 1 aromatic heterocycles. The van der Waals surface area contributed by atoms with Gasteiger partial charge in [-0.05, 0) is 5.92 Å². The molecule has 6 nitrogen and oxygen atoms in total. The molecular formula is C8H15N5O. The van der Waals surface area contributed by atoms with E-state index in [1.54, 1.807) is 0 Å². The molecule has 0 aliphatic heterocycles. The Labute approximate surface area is 82.3 Å². The number of rotatable bonds is 4. The summed E-state index contributed by atoms with van der Waals surface area (Å²) < 4.78 is 0. The highest BCUT2D eigenvalue weighted by Gasteiger charge is 2.16. The zero-order valence-corrected chi connectivity index (χ0v) is 8.32. The fraction of sp³-hybridized carbons (Fsp3) is 0.625. The van der Waals surface area contributed by atoms with Gasteiger partial charge in [0.25, 0.3) is 0 Å². The number of nitrogens with two attached hydrogens (primary N) is 1. The predicted molar refractivity (Wildman–Crippen MR) is 51.0 cm³/mol. The quantitative estimate of drug-likeness (QED) is 0.600. The van der Waals surface area contributed by atoms with Gasteiger partial charge in [0.05, 0.1) is 12.6 Å². The van der Waals surface area contributed by atoms with Gasteiger partial charge in [-0.25, -0.2) is 4.98 Å². The first-order valence-electron chi connectivity index (χ1n) is 4.48. The lowest BCUT2D eigenvalue weighted by atomic mass is 10.1. The Bertz CT molecular complexity index is 282. The van der Waals surface area contributed by atoms with Crippen LogP contribution in [0.3, 0.4) is 0 Å². The fourth-order valence-electron chi connectivity index (χ4n) is 0.907. The summed E-state index contributed by atoms with van der Waals surface area (Å²) in [4.78, 5) is 15.3. The molecule has 0 unspecified atom stereocenters. The molecule has 0 radical (unpaired) electrons. The molecule has 6 heteroatoms. The Morgan fingerprint density at radius 3 is 2.93 bits per heavy atom. The van der Waals surface area contributed by atoms with E-state index < -0.39 is 6.04 Å². The van der Waals surface area contributed by atoms with Gasteiger partial charge in [0.15, 0.2) is 0 Å². The van der Waals surface area contributed by atoms with E-state index in [0.717, 1.165) is 0 Å². The first-order chi connectivity index (χ1) is 6.61. The van der Waals surface area contributed by atoms with E-state index >= 15 is 0 Å². The van der Waals surface area contributed by atoms with Gasteiger partial charge in [-0.2, -0.15) is 5.10 Å². The van der Waals surface area contributed by atoms with Crippen molar-refractivity contribution in [3.05, 3.63) is 12.2 Å². The maximum atomic E-state index is 11.4. The van der Waals surface area contributed by atoms with Gasteiger partial charge in [0, 0.05) is 0 Å². The van der Waals surface area contributed by atoms with Crippen LogP contribution >= 0.6 is 0 Å². The van der Waals surface area contributed by atoms with Crippen molar-refractivity contribution in [2.45, 2.75) is 26.4 Å². The zero-order valence-electron chi connectivity index (χ0n) is 8.32. The smallest absolute Gasteiger partial charge is 0.237 e. The standard InChI is InChI=1S/C8H15N5O/c1-5(2)7(9)8(14)10-3-6-11-4-12-13-6/h4-5,7H,3,9H2,1-2H3,(H,10,14)(H,11,12,13)/t7-/m1/s1. The summed E-state index contributed by atoms with van der Waals surface area (Å²) >= 11 is 0. The molecule has 1 aromatic rings. The van der Waals surface area contributed by atoms with E-state index in [9.17, 15) is 4.79 Å². The molecule has 0 saturated carbocycles. The van der Waals surface area contributed by atoms with Crippen LogP contribution in [-0.4, -0.2) is 27.1 Å². The number of aromatic amines is 1. The third-order valence-corrected chi connectivity index (χ3v) is 1.92. The van der Waals surface area contributed by atoms with Crippen molar-refractivity contribution in [3.63, 3.8) is 0 Å². The van der Waals surface area contributed by atoms with Crippen molar-refractivity contribution < 1.29 is 4.79 Å². The predicted octanol–water partition coefficient (Wildman–Crippen LogP) is -0.596. The van der Waals surface area contributed by atoms with Crippen LogP contribution in [0.1, 0.15) is 19.7 Å². The molecule has 0 aromatic carbocycles. The molecule has 0 aliphatic carbocycles. The van der Waals surface area contributed by atoms with E-state index in [1.807, 2.05) is 13.8 Å². The SMILES string of the molecule is CC(C)[C@@H](N)C(=O)NCc1ncn[nH]1. The van der Waals surface area contributed by atoms with Crippen LogP contribution in [0.4, 0.5) is 0 Å². The zero-order chi connectivity index (χ0) is 10.6. The van der Waals surface area contributed by atoms with Crippen LogP contribution in [0.15, 0.2) is 6.33 Å². The molecule has 1 amide bonds. The maximum absolute atomic E-state index is 11.4. The van der Waals surface area contributed by atoms with Gasteiger partial charge in [0.2, 0.25) is 5.91 Å². The van der Waals surface area contributed by atoms with Crippen LogP contribution in [0.2, 0.25) is 0 Å². The van der Waals surface area contributed by atoms with E-state index in [0.29, 0.717) is 12.4 Å². The van der Waals surface area contributed by atoms with Crippen molar-refractivity contribution >= 4 is 5.91 Å². The summed E-state index contributed by atoms with van der Waals surface area (Å²) in [6.45, 7) is 4.14. The number of hydrogen-bond donors (Lipinski definition) is 3. The van der Waals surface area contributed by atoms with Crippen molar-refractivity contribution in [2.75, 3.05) is 0 Å². The van der Waals surface area contributed by atoms with E-state index in [1.165, 1.54) is 6.33 Å². The van der Waals surface area contributed by atoms with E-state index in [2.05, 4.69) is 20.5 Å². The number of nitrogens with zero attached hydrogens (tertiary/aromatic N) is 2. The summed E-state index contributed by atoms with van der Waals surface area (Å²) in [6.07, 6.45) is 1.39. The largest absolute Gasteiger partial charge is 0.347 e. The first kappa shape index (κ1) is 10.6. The highest BCUT2D eigenvalue weighted by Crippen LogP contribution is 1.98. The number of nitrogens with one attached hydrogen (secondary N) is 2. The van der Waals surface area contributed by atoms with E-state index in [4.69, 9.17) is 5.73 Å². The lowest BCUT2D eigenvalue weighted by molar-refractivity contribution is -0.123. The average Bonchev–Trinajstić information content (AvgIpc) is 2.65. The molecule has 78 valence electrons. The Hall–Kier alpha value is -1.43. The van der Waals surface area contributed by atoms with Gasteiger partial charge in [-0.15, -0.1) is 0 Å². The first-order valence-corrected chi connectivity index (χ1v) is 4.48. The summed E-state index contributed by atoms with van der Waals surface area (Å²) in [7, 11) is 0. The number of carbonyl (C=O) groups is 1. The summed E-state index contributed by atoms with van der Waals surface area (Å²) in [5, 5.41) is 8.97. The lowest BCUT2D eigenvalue weighted by Crippen LogP contribution is -2.43. The van der Waals surface area contributed by atoms with Crippen LogP contribution in [-0.2, 0) is 11.3 Å². The number of aromatic nitrogens is 3. The minimum absolute atomic E-state index is 0.129. The third kappa shape index (κ3) is 2.81. The van der Waals surface area contributed by atoms with Crippen molar-refractivity contribution in [2.24, 2.45) is 11.7 Å². The Morgan fingerprint density at radius 2 is 2.43 bits per heavy atom. The normalized spacial score (nSPS) is 12.9. The van der Waals surface area contributed by atoms with Gasteiger partial charge < -0.3 is 11.1 Å². The molecule has 1 rings (SSSR count). The van der Waals surface area contributed by atoms with Gasteiger partial charge in [-0.3, -0.25) is 9.89 Å². The highest BCUT2D eigenvalue weighted by atomic mass is 16.2. The fourth-order valence-corrected chi connectivity index (χ4v) is 0.907. The Kier molecular flexibility index (Phi) is 3.58. The maximum Gasteiger partial charge on any atom is 0.237 e. The second kappa shape index (κ2) is 4.71. The monoisotopic (exact) mass is 197 g/mol. The minimum atomic E-state index is -0.474. The molecule has 0 spiro atoms. The Morgan fingerprint density at radius 1 is 1.71 bits per heavy atom.